The molecular formula is C19H21BrN2O6. The third-order valence-electron chi connectivity index (χ3n) is 3.14. The van der Waals surface area contributed by atoms with Crippen LogP contribution in [0.3, 0.4) is 0 Å². The number of aromatic nitrogens is 1. The first kappa shape index (κ1) is 21.5. The first-order valence-electron chi connectivity index (χ1n) is 8.39. The Labute approximate surface area is 171 Å². The Morgan fingerprint density at radius 2 is 1.71 bits per heavy atom. The molecule has 9 heteroatoms. The van der Waals surface area contributed by atoms with E-state index in [0.717, 1.165) is 0 Å². The number of nitrogens with zero attached hydrogens (tertiary/aromatic N) is 1. The van der Waals surface area contributed by atoms with Crippen LogP contribution in [0.1, 0.15) is 31.3 Å². The molecule has 1 aromatic carbocycles. The number of rotatable bonds is 7. The molecular weight excluding hydrogens is 432 g/mol. The van der Waals surface area contributed by atoms with Crippen LogP contribution in [0.15, 0.2) is 41.0 Å². The van der Waals surface area contributed by atoms with E-state index < -0.39 is 17.7 Å². The summed E-state index contributed by atoms with van der Waals surface area (Å²) in [5.41, 5.74) is -0.172. The van der Waals surface area contributed by atoms with E-state index in [1.165, 1.54) is 6.07 Å². The first-order valence-corrected chi connectivity index (χ1v) is 9.19. The largest absolute Gasteiger partial charge is 0.490 e. The number of pyridine rings is 1. The highest BCUT2D eigenvalue weighted by Gasteiger charge is 2.16. The van der Waals surface area contributed by atoms with E-state index in [2.05, 4.69) is 26.2 Å². The summed E-state index contributed by atoms with van der Waals surface area (Å²) in [4.78, 5) is 26.8. The van der Waals surface area contributed by atoms with Gasteiger partial charge in [0.05, 0.1) is 0 Å². The maximum atomic E-state index is 11.7. The van der Waals surface area contributed by atoms with Crippen molar-refractivity contribution in [2.75, 3.05) is 18.5 Å². The summed E-state index contributed by atoms with van der Waals surface area (Å²) < 4.78 is 16.6. The number of hydrogen-bond donors (Lipinski definition) is 2. The van der Waals surface area contributed by atoms with Crippen molar-refractivity contribution in [1.82, 2.24) is 4.98 Å². The quantitative estimate of drug-likeness (QED) is 0.474. The number of hydrogen-bond acceptors (Lipinski definition) is 6. The maximum absolute atomic E-state index is 11.7. The fraction of sp³-hybridized carbons (Fsp3) is 0.316. The molecule has 0 spiro atoms. The number of nitrogens with one attached hydrogen (secondary N) is 1. The predicted octanol–water partition coefficient (Wildman–Crippen LogP) is 4.35. The second-order valence-corrected chi connectivity index (χ2v) is 7.45. The molecule has 0 aliphatic rings. The molecule has 0 saturated heterocycles. The zero-order valence-electron chi connectivity index (χ0n) is 15.7. The van der Waals surface area contributed by atoms with Crippen LogP contribution in [0.4, 0.5) is 10.5 Å². The minimum atomic E-state index is -1.18. The second kappa shape index (κ2) is 9.41. The predicted molar refractivity (Wildman–Crippen MR) is 106 cm³/mol. The topological polar surface area (TPSA) is 107 Å². The standard InChI is InChI=1S/C19H21BrN2O6/c1-19(2,3)28-18(25)21-12-4-6-13(7-5-12)26-10-11-27-14-8-9-15(20)22-16(14)17(23)24/h4-9H,10-11H2,1-3H3,(H,21,25)(H,23,24). The number of carboxylic acids is 1. The van der Waals surface area contributed by atoms with Crippen LogP contribution >= 0.6 is 15.9 Å². The minimum Gasteiger partial charge on any atom is -0.490 e. The number of aromatic carboxylic acids is 1. The Kier molecular flexibility index (Phi) is 7.22. The third kappa shape index (κ3) is 7.07. The summed E-state index contributed by atoms with van der Waals surface area (Å²) in [7, 11) is 0. The van der Waals surface area contributed by atoms with Crippen molar-refractivity contribution in [3.05, 3.63) is 46.7 Å². The Bertz CT molecular complexity index is 833. The number of carboxylic acid groups (broad SMARTS) is 1. The van der Waals surface area contributed by atoms with Gasteiger partial charge in [0.1, 0.15) is 29.2 Å². The van der Waals surface area contributed by atoms with E-state index in [1.807, 2.05) is 0 Å². The van der Waals surface area contributed by atoms with Crippen LogP contribution < -0.4 is 14.8 Å². The molecule has 8 nitrogen and oxygen atoms in total. The molecule has 150 valence electrons. The SMILES string of the molecule is CC(C)(C)OC(=O)Nc1ccc(OCCOc2ccc(Br)nc2C(=O)O)cc1. The number of carbonyl (C=O) groups is 2. The number of halogens is 1. The third-order valence-corrected chi connectivity index (χ3v) is 3.58. The molecule has 0 aliphatic carbocycles. The zero-order valence-corrected chi connectivity index (χ0v) is 17.3. The first-order chi connectivity index (χ1) is 13.1. The highest BCUT2D eigenvalue weighted by Crippen LogP contribution is 2.20. The maximum Gasteiger partial charge on any atom is 0.412 e. The van der Waals surface area contributed by atoms with Gasteiger partial charge in [0.25, 0.3) is 0 Å². The van der Waals surface area contributed by atoms with Gasteiger partial charge in [-0.15, -0.1) is 0 Å². The number of carbonyl (C=O) groups excluding carboxylic acids is 1. The van der Waals surface area contributed by atoms with E-state index in [4.69, 9.17) is 19.3 Å². The lowest BCUT2D eigenvalue weighted by molar-refractivity contribution is 0.0633. The highest BCUT2D eigenvalue weighted by molar-refractivity contribution is 9.10. The van der Waals surface area contributed by atoms with Crippen molar-refractivity contribution in [1.29, 1.82) is 0 Å². The number of amides is 1. The van der Waals surface area contributed by atoms with Gasteiger partial charge in [-0.25, -0.2) is 14.6 Å². The van der Waals surface area contributed by atoms with Crippen molar-refractivity contribution in [3.8, 4) is 11.5 Å². The molecule has 28 heavy (non-hydrogen) atoms. The van der Waals surface area contributed by atoms with Gasteiger partial charge in [-0.3, -0.25) is 5.32 Å². The molecule has 1 aromatic heterocycles. The molecule has 0 fully saturated rings. The van der Waals surface area contributed by atoms with Crippen LogP contribution in [0.2, 0.25) is 0 Å². The molecule has 0 unspecified atom stereocenters. The van der Waals surface area contributed by atoms with Crippen LogP contribution in [-0.4, -0.2) is 41.0 Å². The number of benzene rings is 1. The van der Waals surface area contributed by atoms with Crippen LogP contribution in [-0.2, 0) is 4.74 Å². The van der Waals surface area contributed by atoms with Crippen molar-refractivity contribution >= 4 is 33.7 Å². The molecule has 1 heterocycles. The van der Waals surface area contributed by atoms with Gasteiger partial charge in [0.2, 0.25) is 0 Å². The summed E-state index contributed by atoms with van der Waals surface area (Å²) >= 11 is 3.12. The normalized spacial score (nSPS) is 10.9. The number of anilines is 1. The van der Waals surface area contributed by atoms with Gasteiger partial charge < -0.3 is 19.3 Å². The Balaban J connectivity index is 1.81. The fourth-order valence-electron chi connectivity index (χ4n) is 2.06. The van der Waals surface area contributed by atoms with Crippen LogP contribution in [0.25, 0.3) is 0 Å². The molecule has 0 atom stereocenters. The van der Waals surface area contributed by atoms with Gasteiger partial charge in [-0.05, 0) is 73.1 Å². The summed E-state index contributed by atoms with van der Waals surface area (Å²) in [6.07, 6.45) is -0.535. The van der Waals surface area contributed by atoms with Crippen molar-refractivity contribution in [2.24, 2.45) is 0 Å². The lowest BCUT2D eigenvalue weighted by atomic mass is 10.2. The monoisotopic (exact) mass is 452 g/mol. The average molecular weight is 453 g/mol. The second-order valence-electron chi connectivity index (χ2n) is 6.63. The molecule has 0 saturated carbocycles. The smallest absolute Gasteiger partial charge is 0.412 e. The molecule has 2 rings (SSSR count). The van der Waals surface area contributed by atoms with E-state index in [1.54, 1.807) is 51.1 Å². The van der Waals surface area contributed by atoms with Gasteiger partial charge in [-0.1, -0.05) is 0 Å². The van der Waals surface area contributed by atoms with E-state index >= 15 is 0 Å². The lowest BCUT2D eigenvalue weighted by Gasteiger charge is -2.19. The van der Waals surface area contributed by atoms with Crippen LogP contribution in [0, 0.1) is 0 Å². The van der Waals surface area contributed by atoms with Gasteiger partial charge in [0, 0.05) is 5.69 Å². The van der Waals surface area contributed by atoms with Crippen LogP contribution in [0.5, 0.6) is 11.5 Å². The molecule has 0 aliphatic heterocycles. The van der Waals surface area contributed by atoms with Crippen molar-refractivity contribution < 1.29 is 28.9 Å². The summed E-state index contributed by atoms with van der Waals surface area (Å²) in [6, 6.07) is 9.87. The fourth-order valence-corrected chi connectivity index (χ4v) is 2.37. The van der Waals surface area contributed by atoms with Gasteiger partial charge in [-0.2, -0.15) is 0 Å². The molecule has 2 aromatic rings. The Hall–Kier alpha value is -2.81. The van der Waals surface area contributed by atoms with E-state index in [0.29, 0.717) is 16.0 Å². The van der Waals surface area contributed by atoms with Crippen molar-refractivity contribution in [2.45, 2.75) is 26.4 Å². The summed E-state index contributed by atoms with van der Waals surface area (Å²) in [5, 5.41) is 11.8. The summed E-state index contributed by atoms with van der Waals surface area (Å²) in [6.45, 7) is 5.70. The zero-order chi connectivity index (χ0) is 20.7. The summed E-state index contributed by atoms with van der Waals surface area (Å²) in [5.74, 6) is -0.438. The molecule has 0 bridgehead atoms. The highest BCUT2D eigenvalue weighted by atomic mass is 79.9. The van der Waals surface area contributed by atoms with Crippen molar-refractivity contribution in [3.63, 3.8) is 0 Å². The van der Waals surface area contributed by atoms with E-state index in [9.17, 15) is 9.59 Å². The van der Waals surface area contributed by atoms with E-state index in [-0.39, 0.29) is 24.7 Å². The number of ether oxygens (including phenoxy) is 3. The average Bonchev–Trinajstić information content (AvgIpc) is 2.59. The molecule has 2 N–H and O–H groups in total. The van der Waals surface area contributed by atoms with Gasteiger partial charge >= 0.3 is 12.1 Å². The molecule has 0 radical (unpaired) electrons. The lowest BCUT2D eigenvalue weighted by Crippen LogP contribution is -2.27. The Morgan fingerprint density at radius 3 is 2.32 bits per heavy atom. The Morgan fingerprint density at radius 1 is 1.07 bits per heavy atom. The molecule has 1 amide bonds. The minimum absolute atomic E-state index is 0.140. The van der Waals surface area contributed by atoms with Gasteiger partial charge in [0.15, 0.2) is 11.4 Å².